The first-order valence-electron chi connectivity index (χ1n) is 6.37. The summed E-state index contributed by atoms with van der Waals surface area (Å²) in [6.07, 6.45) is 0.733. The second-order valence-corrected chi connectivity index (χ2v) is 7.34. The molecule has 0 aliphatic rings. The van der Waals surface area contributed by atoms with Gasteiger partial charge in [-0.25, -0.2) is 0 Å². The number of rotatable bonds is 6. The van der Waals surface area contributed by atoms with Crippen LogP contribution in [0.4, 0.5) is 0 Å². The van der Waals surface area contributed by atoms with Gasteiger partial charge >= 0.3 is 0 Å². The van der Waals surface area contributed by atoms with E-state index < -0.39 is 0 Å². The number of nitrogens with one attached hydrogen (secondary N) is 1. The Morgan fingerprint density at radius 3 is 2.67 bits per heavy atom. The van der Waals surface area contributed by atoms with Crippen molar-refractivity contribution in [2.24, 2.45) is 5.84 Å². The van der Waals surface area contributed by atoms with E-state index in [2.05, 4.69) is 33.5 Å². The SMILES string of the molecule is NNC(CSc1cccc(Br)c1)Cc1cccc(Cl)c1Cl. The van der Waals surface area contributed by atoms with Gasteiger partial charge in [-0.15, -0.1) is 11.8 Å². The lowest BCUT2D eigenvalue weighted by Crippen LogP contribution is -2.38. The zero-order valence-electron chi connectivity index (χ0n) is 11.2. The third-order valence-electron chi connectivity index (χ3n) is 2.98. The second kappa shape index (κ2) is 8.42. The molecule has 3 N–H and O–H groups in total. The second-order valence-electron chi connectivity index (χ2n) is 4.55. The van der Waals surface area contributed by atoms with Crippen LogP contribution in [0.5, 0.6) is 0 Å². The van der Waals surface area contributed by atoms with Crippen LogP contribution in [-0.2, 0) is 6.42 Å². The number of thioether (sulfide) groups is 1. The van der Waals surface area contributed by atoms with E-state index in [4.69, 9.17) is 29.0 Å². The largest absolute Gasteiger partial charge is 0.271 e. The van der Waals surface area contributed by atoms with Crippen molar-refractivity contribution in [2.45, 2.75) is 17.4 Å². The standard InChI is InChI=1S/C15H15BrCl2N2S/c16-11-4-2-5-13(8-11)21-9-12(20-19)7-10-3-1-6-14(17)15(10)18/h1-6,8,12,20H,7,9,19H2. The van der Waals surface area contributed by atoms with Crippen LogP contribution in [0.2, 0.25) is 10.0 Å². The monoisotopic (exact) mass is 404 g/mol. The summed E-state index contributed by atoms with van der Waals surface area (Å²) in [5, 5.41) is 1.18. The van der Waals surface area contributed by atoms with Crippen LogP contribution in [0.3, 0.4) is 0 Å². The maximum atomic E-state index is 6.22. The molecule has 0 spiro atoms. The molecule has 112 valence electrons. The summed E-state index contributed by atoms with van der Waals surface area (Å²) in [4.78, 5) is 1.20. The number of hydrazine groups is 1. The summed E-state index contributed by atoms with van der Waals surface area (Å²) >= 11 is 17.5. The molecule has 0 amide bonds. The molecular formula is C15H15BrCl2N2S. The number of hydrogen-bond donors (Lipinski definition) is 2. The Bertz CT molecular complexity index is 610. The van der Waals surface area contributed by atoms with Crippen LogP contribution in [0.15, 0.2) is 51.8 Å². The van der Waals surface area contributed by atoms with Crippen molar-refractivity contribution in [3.63, 3.8) is 0 Å². The first-order chi connectivity index (χ1) is 10.1. The van der Waals surface area contributed by atoms with E-state index in [1.54, 1.807) is 17.8 Å². The molecule has 0 bridgehead atoms. The fourth-order valence-corrected chi connectivity index (χ4v) is 3.83. The predicted molar refractivity (Wildman–Crippen MR) is 96.1 cm³/mol. The van der Waals surface area contributed by atoms with Crippen LogP contribution < -0.4 is 11.3 Å². The van der Waals surface area contributed by atoms with Gasteiger partial charge in [0.25, 0.3) is 0 Å². The fraction of sp³-hybridized carbons (Fsp3) is 0.200. The lowest BCUT2D eigenvalue weighted by molar-refractivity contribution is 0.575. The normalized spacial score (nSPS) is 12.4. The Labute approximate surface area is 147 Å². The molecular weight excluding hydrogens is 391 g/mol. The molecule has 2 aromatic rings. The van der Waals surface area contributed by atoms with E-state index in [1.807, 2.05) is 24.3 Å². The average molecular weight is 406 g/mol. The third kappa shape index (κ3) is 5.16. The molecule has 0 saturated carbocycles. The zero-order valence-corrected chi connectivity index (χ0v) is 15.1. The maximum Gasteiger partial charge on any atom is 0.0624 e. The molecule has 6 heteroatoms. The fourth-order valence-electron chi connectivity index (χ4n) is 1.89. The van der Waals surface area contributed by atoms with E-state index in [0.717, 1.165) is 22.2 Å². The molecule has 0 saturated heterocycles. The van der Waals surface area contributed by atoms with Crippen LogP contribution in [0, 0.1) is 0 Å². The van der Waals surface area contributed by atoms with Crippen molar-refractivity contribution >= 4 is 50.9 Å². The summed E-state index contributed by atoms with van der Waals surface area (Å²) in [6.45, 7) is 0. The zero-order chi connectivity index (χ0) is 15.2. The molecule has 0 heterocycles. The highest BCUT2D eigenvalue weighted by Crippen LogP contribution is 2.28. The highest BCUT2D eigenvalue weighted by molar-refractivity contribution is 9.10. The first kappa shape index (κ1) is 17.1. The number of halogens is 3. The van der Waals surface area contributed by atoms with Crippen LogP contribution >= 0.6 is 50.9 Å². The smallest absolute Gasteiger partial charge is 0.0624 e. The van der Waals surface area contributed by atoms with Crippen molar-refractivity contribution in [3.8, 4) is 0 Å². The molecule has 2 nitrogen and oxygen atoms in total. The predicted octanol–water partition coefficient (Wildman–Crippen LogP) is 4.92. The van der Waals surface area contributed by atoms with Gasteiger partial charge < -0.3 is 0 Å². The maximum absolute atomic E-state index is 6.22. The quantitative estimate of drug-likeness (QED) is 0.406. The Morgan fingerprint density at radius 1 is 1.19 bits per heavy atom. The van der Waals surface area contributed by atoms with Gasteiger partial charge in [-0.1, -0.05) is 57.3 Å². The molecule has 0 radical (unpaired) electrons. The van der Waals surface area contributed by atoms with Gasteiger partial charge in [0.1, 0.15) is 0 Å². The van der Waals surface area contributed by atoms with Gasteiger partial charge in [-0.05, 0) is 36.2 Å². The summed E-state index contributed by atoms with van der Waals surface area (Å²) in [7, 11) is 0. The summed E-state index contributed by atoms with van der Waals surface area (Å²) in [5.41, 5.74) is 3.85. The van der Waals surface area contributed by atoms with Crippen molar-refractivity contribution in [1.29, 1.82) is 0 Å². The average Bonchev–Trinajstić information content (AvgIpc) is 2.48. The lowest BCUT2D eigenvalue weighted by atomic mass is 10.1. The van der Waals surface area contributed by atoms with E-state index >= 15 is 0 Å². The van der Waals surface area contributed by atoms with E-state index in [1.165, 1.54) is 4.90 Å². The van der Waals surface area contributed by atoms with Gasteiger partial charge in [0.15, 0.2) is 0 Å². The van der Waals surface area contributed by atoms with Gasteiger partial charge in [-0.3, -0.25) is 11.3 Å². The van der Waals surface area contributed by atoms with Crippen molar-refractivity contribution in [1.82, 2.24) is 5.43 Å². The highest BCUT2D eigenvalue weighted by Gasteiger charge is 2.12. The molecule has 21 heavy (non-hydrogen) atoms. The van der Waals surface area contributed by atoms with E-state index in [0.29, 0.717) is 10.0 Å². The minimum Gasteiger partial charge on any atom is -0.271 e. The summed E-state index contributed by atoms with van der Waals surface area (Å²) in [6, 6.07) is 14.0. The molecule has 0 fully saturated rings. The topological polar surface area (TPSA) is 38.0 Å². The minimum atomic E-state index is 0.116. The Balaban J connectivity index is 1.99. The van der Waals surface area contributed by atoms with Gasteiger partial charge in [0.05, 0.1) is 10.0 Å². The Morgan fingerprint density at radius 2 is 1.95 bits per heavy atom. The lowest BCUT2D eigenvalue weighted by Gasteiger charge is -2.16. The van der Waals surface area contributed by atoms with E-state index in [9.17, 15) is 0 Å². The summed E-state index contributed by atoms with van der Waals surface area (Å²) < 4.78 is 1.07. The molecule has 2 rings (SSSR count). The summed E-state index contributed by atoms with van der Waals surface area (Å²) in [5.74, 6) is 6.50. The van der Waals surface area contributed by atoms with Crippen molar-refractivity contribution in [3.05, 3.63) is 62.5 Å². The van der Waals surface area contributed by atoms with Crippen molar-refractivity contribution in [2.75, 3.05) is 5.75 Å². The van der Waals surface area contributed by atoms with Gasteiger partial charge in [-0.2, -0.15) is 0 Å². The third-order valence-corrected chi connectivity index (χ3v) is 5.49. The van der Waals surface area contributed by atoms with E-state index in [-0.39, 0.29) is 6.04 Å². The van der Waals surface area contributed by atoms with Crippen LogP contribution in [-0.4, -0.2) is 11.8 Å². The number of hydrogen-bond acceptors (Lipinski definition) is 3. The van der Waals surface area contributed by atoms with Crippen molar-refractivity contribution < 1.29 is 0 Å². The van der Waals surface area contributed by atoms with Gasteiger partial charge in [0, 0.05) is 21.2 Å². The molecule has 2 aromatic carbocycles. The molecule has 0 aliphatic heterocycles. The van der Waals surface area contributed by atoms with Crippen LogP contribution in [0.25, 0.3) is 0 Å². The molecule has 0 aromatic heterocycles. The Hall–Kier alpha value is -0.230. The Kier molecular flexibility index (Phi) is 6.86. The highest BCUT2D eigenvalue weighted by atomic mass is 79.9. The van der Waals surface area contributed by atoms with Gasteiger partial charge in [0.2, 0.25) is 0 Å². The first-order valence-corrected chi connectivity index (χ1v) is 8.91. The molecule has 1 unspecified atom stereocenters. The number of nitrogens with two attached hydrogens (primary N) is 1. The number of benzene rings is 2. The molecule has 0 aliphatic carbocycles. The van der Waals surface area contributed by atoms with Crippen LogP contribution in [0.1, 0.15) is 5.56 Å². The molecule has 1 atom stereocenters. The minimum absolute atomic E-state index is 0.116.